The van der Waals surface area contributed by atoms with Crippen LogP contribution in [0.2, 0.25) is 0 Å². The van der Waals surface area contributed by atoms with Gasteiger partial charge in [-0.15, -0.1) is 0 Å². The molecule has 4 heteroatoms. The molecule has 0 saturated heterocycles. The van der Waals surface area contributed by atoms with E-state index >= 15 is 0 Å². The fourth-order valence-corrected chi connectivity index (χ4v) is 2.89. The maximum absolute atomic E-state index is 4.69. The molecule has 0 N–H and O–H groups in total. The fourth-order valence-electron chi connectivity index (χ4n) is 2.89. The van der Waals surface area contributed by atoms with E-state index in [1.54, 1.807) is 0 Å². The summed E-state index contributed by atoms with van der Waals surface area (Å²) in [5.74, 6) is 0.904. The second-order valence-electron chi connectivity index (χ2n) is 5.10. The zero-order valence-electron chi connectivity index (χ0n) is 11.1. The summed E-state index contributed by atoms with van der Waals surface area (Å²) in [4.78, 5) is 9.37. The smallest absolute Gasteiger partial charge is 0.296 e. The third-order valence-electron chi connectivity index (χ3n) is 3.87. The Labute approximate surface area is 120 Å². The van der Waals surface area contributed by atoms with Gasteiger partial charge in [0.05, 0.1) is 23.3 Å². The molecule has 0 amide bonds. The lowest BCUT2D eigenvalue weighted by molar-refractivity contribution is -0.567. The van der Waals surface area contributed by atoms with E-state index in [-0.39, 0.29) is 0 Å². The first-order valence-electron chi connectivity index (χ1n) is 6.87. The van der Waals surface area contributed by atoms with Crippen LogP contribution in [0.4, 0.5) is 0 Å². The number of hydrogen-bond acceptors (Lipinski definition) is 2. The Hall–Kier alpha value is -3.01. The van der Waals surface area contributed by atoms with Gasteiger partial charge < -0.3 is 0 Å². The van der Waals surface area contributed by atoms with Crippen LogP contribution in [-0.2, 0) is 0 Å². The average Bonchev–Trinajstić information content (AvgIpc) is 2.98. The average molecular weight is 271 g/mol. The molecule has 0 fully saturated rings. The molecular formula is C17H11N4+. The molecule has 2 aliphatic rings. The van der Waals surface area contributed by atoms with E-state index in [0.29, 0.717) is 0 Å². The van der Waals surface area contributed by atoms with Crippen molar-refractivity contribution in [2.45, 2.75) is 0 Å². The highest BCUT2D eigenvalue weighted by Gasteiger charge is 2.20. The van der Waals surface area contributed by atoms with E-state index in [9.17, 15) is 0 Å². The molecular weight excluding hydrogens is 260 g/mol. The zero-order chi connectivity index (χ0) is 13.8. The van der Waals surface area contributed by atoms with Crippen LogP contribution in [0.3, 0.4) is 0 Å². The third kappa shape index (κ3) is 1.41. The van der Waals surface area contributed by atoms with E-state index in [1.807, 2.05) is 54.9 Å². The second-order valence-corrected chi connectivity index (χ2v) is 5.10. The molecule has 3 heterocycles. The Kier molecular flexibility index (Phi) is 1.92. The van der Waals surface area contributed by atoms with Crippen LogP contribution in [-0.4, -0.2) is 14.4 Å². The van der Waals surface area contributed by atoms with Crippen molar-refractivity contribution in [3.05, 3.63) is 67.0 Å². The number of hydrogen-bond donors (Lipinski definition) is 0. The number of fused-ring (bicyclic) bond motifs is 6. The number of aromatic nitrogens is 4. The van der Waals surface area contributed by atoms with Crippen LogP contribution in [0.25, 0.3) is 33.5 Å². The van der Waals surface area contributed by atoms with Crippen molar-refractivity contribution in [3.63, 3.8) is 0 Å². The number of imidazole rings is 2. The molecule has 21 heavy (non-hydrogen) atoms. The first-order chi connectivity index (χ1) is 10.4. The highest BCUT2D eigenvalue weighted by Crippen LogP contribution is 2.18. The summed E-state index contributed by atoms with van der Waals surface area (Å²) in [6.07, 6.45) is 4.09. The molecule has 0 unspecified atom stereocenters. The largest absolute Gasteiger partial charge is 0.332 e. The zero-order valence-corrected chi connectivity index (χ0v) is 11.1. The topological polar surface area (TPSA) is 34.1 Å². The summed E-state index contributed by atoms with van der Waals surface area (Å²) in [5.41, 5.74) is 5.11. The molecule has 4 nitrogen and oxygen atoms in total. The maximum Gasteiger partial charge on any atom is 0.332 e. The molecule has 5 rings (SSSR count). The van der Waals surface area contributed by atoms with Gasteiger partial charge in [-0.05, 0) is 29.2 Å². The molecule has 98 valence electrons. The van der Waals surface area contributed by atoms with E-state index in [4.69, 9.17) is 0 Å². The summed E-state index contributed by atoms with van der Waals surface area (Å²) in [6, 6.07) is 18.3. The third-order valence-corrected chi connectivity index (χ3v) is 3.87. The van der Waals surface area contributed by atoms with Crippen LogP contribution >= 0.6 is 0 Å². The SMILES string of the molecule is c1ccc2c(c1)nc1cc3nc4ccccc4[n+]-3ccn12. The normalized spacial score (nSPS) is 11.8. The van der Waals surface area contributed by atoms with E-state index in [1.165, 1.54) is 0 Å². The monoisotopic (exact) mass is 271 g/mol. The van der Waals surface area contributed by atoms with E-state index in [2.05, 4.69) is 31.1 Å². The van der Waals surface area contributed by atoms with Crippen molar-refractivity contribution in [2.24, 2.45) is 0 Å². The van der Waals surface area contributed by atoms with Crippen molar-refractivity contribution in [1.29, 1.82) is 0 Å². The van der Waals surface area contributed by atoms with Crippen molar-refractivity contribution in [3.8, 4) is 5.82 Å². The van der Waals surface area contributed by atoms with Crippen molar-refractivity contribution < 1.29 is 4.57 Å². The van der Waals surface area contributed by atoms with Gasteiger partial charge in [0.15, 0.2) is 5.52 Å². The summed E-state index contributed by atoms with van der Waals surface area (Å²) in [5, 5.41) is 0. The lowest BCUT2D eigenvalue weighted by atomic mass is 10.3. The second kappa shape index (κ2) is 3.76. The van der Waals surface area contributed by atoms with Gasteiger partial charge in [0, 0.05) is 0 Å². The number of rotatable bonds is 0. The van der Waals surface area contributed by atoms with Gasteiger partial charge in [0.1, 0.15) is 11.8 Å². The Balaban J connectivity index is 1.99. The number of benzene rings is 2. The van der Waals surface area contributed by atoms with Gasteiger partial charge in [-0.1, -0.05) is 24.3 Å². The predicted octanol–water partition coefficient (Wildman–Crippen LogP) is 2.75. The van der Waals surface area contributed by atoms with Gasteiger partial charge in [0.25, 0.3) is 0 Å². The van der Waals surface area contributed by atoms with Crippen molar-refractivity contribution in [1.82, 2.24) is 14.4 Å². The maximum atomic E-state index is 4.69. The van der Waals surface area contributed by atoms with Gasteiger partial charge in [0.2, 0.25) is 5.52 Å². The molecule has 0 radical (unpaired) electrons. The van der Waals surface area contributed by atoms with Crippen LogP contribution < -0.4 is 4.57 Å². The van der Waals surface area contributed by atoms with E-state index in [0.717, 1.165) is 33.5 Å². The summed E-state index contributed by atoms with van der Waals surface area (Å²) >= 11 is 0. The van der Waals surface area contributed by atoms with Crippen LogP contribution in [0.1, 0.15) is 0 Å². The van der Waals surface area contributed by atoms with Crippen LogP contribution in [0.5, 0.6) is 0 Å². The molecule has 1 aromatic heterocycles. The highest BCUT2D eigenvalue weighted by molar-refractivity contribution is 5.80. The predicted molar refractivity (Wildman–Crippen MR) is 80.7 cm³/mol. The van der Waals surface area contributed by atoms with E-state index < -0.39 is 0 Å². The minimum Gasteiger partial charge on any atom is -0.296 e. The number of para-hydroxylation sites is 4. The minimum absolute atomic E-state index is 0.904. The molecule has 0 saturated carbocycles. The Morgan fingerprint density at radius 3 is 2.62 bits per heavy atom. The Morgan fingerprint density at radius 1 is 0.857 bits per heavy atom. The molecule has 0 aliphatic carbocycles. The number of nitrogens with zero attached hydrogens (tertiary/aromatic N) is 4. The molecule has 0 spiro atoms. The van der Waals surface area contributed by atoms with Crippen LogP contribution in [0.15, 0.2) is 67.0 Å². The summed E-state index contributed by atoms with van der Waals surface area (Å²) in [6.45, 7) is 0. The quantitative estimate of drug-likeness (QED) is 0.406. The lowest BCUT2D eigenvalue weighted by Gasteiger charge is -1.88. The van der Waals surface area contributed by atoms with Crippen molar-refractivity contribution >= 4 is 27.7 Å². The fraction of sp³-hybridized carbons (Fsp3) is 0. The van der Waals surface area contributed by atoms with Gasteiger partial charge in [-0.2, -0.15) is 4.57 Å². The van der Waals surface area contributed by atoms with Crippen molar-refractivity contribution in [2.75, 3.05) is 0 Å². The highest BCUT2D eigenvalue weighted by atomic mass is 15.1. The standard InChI is InChI=1S/C17H11N4/c1-3-7-14-12(5-1)18-16-11-17-19-13-6-2-4-8-15(13)21(17)10-9-20(14)16/h1-11H/q+1. The molecule has 2 aromatic carbocycles. The first-order valence-corrected chi connectivity index (χ1v) is 6.87. The minimum atomic E-state index is 0.904. The van der Waals surface area contributed by atoms with Gasteiger partial charge >= 0.3 is 5.82 Å². The molecule has 0 atom stereocenters. The lowest BCUT2D eigenvalue weighted by Crippen LogP contribution is -2.27. The Bertz CT molecular complexity index is 1090. The molecule has 2 aliphatic heterocycles. The van der Waals surface area contributed by atoms with Crippen LogP contribution in [0, 0.1) is 0 Å². The summed E-state index contributed by atoms with van der Waals surface area (Å²) < 4.78 is 4.19. The first kappa shape index (κ1) is 10.7. The van der Waals surface area contributed by atoms with Gasteiger partial charge in [-0.25, -0.2) is 4.98 Å². The Morgan fingerprint density at radius 2 is 1.67 bits per heavy atom. The molecule has 3 aromatic rings. The summed E-state index contributed by atoms with van der Waals surface area (Å²) in [7, 11) is 0. The molecule has 0 bridgehead atoms. The van der Waals surface area contributed by atoms with Gasteiger partial charge in [-0.3, -0.25) is 4.40 Å².